The molecule has 0 bridgehead atoms. The van der Waals surface area contributed by atoms with Crippen LogP contribution < -0.4 is 0 Å². The van der Waals surface area contributed by atoms with Crippen molar-refractivity contribution in [1.82, 2.24) is 13.9 Å². The zero-order valence-electron chi connectivity index (χ0n) is 8.86. The maximum absolute atomic E-state index is 5.77. The normalized spacial score (nSPS) is 12.3. The Labute approximate surface area is 98.0 Å². The van der Waals surface area contributed by atoms with Crippen LogP contribution >= 0.6 is 23.5 Å². The monoisotopic (exact) mass is 241 g/mol. The van der Waals surface area contributed by atoms with Crippen LogP contribution in [0.5, 0.6) is 0 Å². The fourth-order valence-electron chi connectivity index (χ4n) is 1.24. The highest BCUT2D eigenvalue weighted by atomic mass is 35.5. The van der Waals surface area contributed by atoms with Gasteiger partial charge >= 0.3 is 0 Å². The highest BCUT2D eigenvalue weighted by molar-refractivity contribution is 7.99. The Kier molecular flexibility index (Phi) is 2.64. The number of hydrogen-bond acceptors (Lipinski definition) is 3. The predicted molar refractivity (Wildman–Crippen MR) is 65.3 cm³/mol. The molecule has 0 amide bonds. The number of halogens is 1. The van der Waals surface area contributed by atoms with Crippen molar-refractivity contribution in [2.45, 2.75) is 25.5 Å². The number of fused-ring (bicyclic) bond motifs is 1. The molecule has 0 saturated heterocycles. The molecule has 15 heavy (non-hydrogen) atoms. The van der Waals surface area contributed by atoms with E-state index in [0.717, 1.165) is 11.0 Å². The highest BCUT2D eigenvalue weighted by Gasteiger charge is 2.14. The summed E-state index contributed by atoms with van der Waals surface area (Å²) < 4.78 is 2.17. The zero-order chi connectivity index (χ0) is 11.1. The standard InChI is InChI=1S/C10H12ClN3S/c1-10(2,3)15-14-5-4-7-6-12-9(11)13-8(7)14/h4-6H,1-3H3. The van der Waals surface area contributed by atoms with E-state index in [1.54, 1.807) is 18.1 Å². The molecule has 80 valence electrons. The fourth-order valence-corrected chi connectivity index (χ4v) is 2.32. The summed E-state index contributed by atoms with van der Waals surface area (Å²) >= 11 is 7.49. The van der Waals surface area contributed by atoms with Crippen molar-refractivity contribution in [3.05, 3.63) is 23.7 Å². The lowest BCUT2D eigenvalue weighted by Gasteiger charge is -2.17. The molecule has 0 atom stereocenters. The van der Waals surface area contributed by atoms with Crippen molar-refractivity contribution in [3.8, 4) is 0 Å². The molecule has 2 rings (SSSR count). The van der Waals surface area contributed by atoms with Crippen molar-refractivity contribution in [2.75, 3.05) is 0 Å². The third-order valence-electron chi connectivity index (χ3n) is 1.74. The van der Waals surface area contributed by atoms with Crippen molar-refractivity contribution in [1.29, 1.82) is 0 Å². The van der Waals surface area contributed by atoms with Gasteiger partial charge in [0.2, 0.25) is 5.28 Å². The van der Waals surface area contributed by atoms with E-state index in [-0.39, 0.29) is 10.0 Å². The number of hydrogen-bond donors (Lipinski definition) is 0. The largest absolute Gasteiger partial charge is 0.274 e. The van der Waals surface area contributed by atoms with Crippen LogP contribution in [0.1, 0.15) is 20.8 Å². The number of aromatic nitrogens is 3. The van der Waals surface area contributed by atoms with E-state index < -0.39 is 0 Å². The Bertz CT molecular complexity index is 487. The summed E-state index contributed by atoms with van der Waals surface area (Å²) in [6.07, 6.45) is 3.73. The van der Waals surface area contributed by atoms with Crippen LogP contribution in [0.15, 0.2) is 18.5 Å². The summed E-state index contributed by atoms with van der Waals surface area (Å²) in [6.45, 7) is 6.48. The maximum atomic E-state index is 5.77. The molecule has 0 spiro atoms. The van der Waals surface area contributed by atoms with Crippen LogP contribution in [-0.2, 0) is 0 Å². The third-order valence-corrected chi connectivity index (χ3v) is 2.96. The van der Waals surface area contributed by atoms with Gasteiger partial charge < -0.3 is 0 Å². The SMILES string of the molecule is CC(C)(C)Sn1ccc2cnc(Cl)nc21. The molecule has 2 heterocycles. The molecule has 0 aliphatic heterocycles. The van der Waals surface area contributed by atoms with Crippen LogP contribution in [0.2, 0.25) is 5.28 Å². The van der Waals surface area contributed by atoms with Crippen molar-refractivity contribution in [3.63, 3.8) is 0 Å². The summed E-state index contributed by atoms with van der Waals surface area (Å²) in [4.78, 5) is 8.17. The van der Waals surface area contributed by atoms with Gasteiger partial charge in [0, 0.05) is 22.5 Å². The van der Waals surface area contributed by atoms with Crippen molar-refractivity contribution >= 4 is 34.6 Å². The Morgan fingerprint density at radius 3 is 2.80 bits per heavy atom. The molecule has 0 fully saturated rings. The van der Waals surface area contributed by atoms with Crippen LogP contribution in [0, 0.1) is 0 Å². The molecule has 0 unspecified atom stereocenters. The average Bonchev–Trinajstić information content (AvgIpc) is 2.46. The van der Waals surface area contributed by atoms with Gasteiger partial charge in [0.05, 0.1) is 0 Å². The topological polar surface area (TPSA) is 30.7 Å². The van der Waals surface area contributed by atoms with Gasteiger partial charge in [-0.25, -0.2) is 4.98 Å². The molecule has 0 saturated carbocycles. The van der Waals surface area contributed by atoms with Gasteiger partial charge in [0.1, 0.15) is 0 Å². The van der Waals surface area contributed by atoms with Crippen molar-refractivity contribution in [2.24, 2.45) is 0 Å². The second-order valence-corrected chi connectivity index (χ2v) is 6.40. The minimum atomic E-state index is 0.142. The summed E-state index contributed by atoms with van der Waals surface area (Å²) in [5.74, 6) is 0. The second-order valence-electron chi connectivity index (χ2n) is 4.26. The number of nitrogens with zero attached hydrogens (tertiary/aromatic N) is 3. The molecule has 3 nitrogen and oxygen atoms in total. The molecule has 5 heteroatoms. The summed E-state index contributed by atoms with van der Waals surface area (Å²) in [6, 6.07) is 1.99. The van der Waals surface area contributed by atoms with Crippen LogP contribution in [0.4, 0.5) is 0 Å². The Hall–Kier alpha value is -0.740. The Morgan fingerprint density at radius 1 is 1.40 bits per heavy atom. The van der Waals surface area contributed by atoms with E-state index in [0.29, 0.717) is 0 Å². The lowest BCUT2D eigenvalue weighted by Crippen LogP contribution is -2.10. The van der Waals surface area contributed by atoms with E-state index in [1.165, 1.54) is 0 Å². The van der Waals surface area contributed by atoms with Crippen LogP contribution in [-0.4, -0.2) is 18.7 Å². The molecule has 2 aromatic heterocycles. The van der Waals surface area contributed by atoms with E-state index in [9.17, 15) is 0 Å². The predicted octanol–water partition coefficient (Wildman–Crippen LogP) is 3.38. The van der Waals surface area contributed by atoms with Crippen molar-refractivity contribution < 1.29 is 0 Å². The molecule has 2 aromatic rings. The van der Waals surface area contributed by atoms with Gasteiger partial charge in [0.25, 0.3) is 0 Å². The minimum absolute atomic E-state index is 0.142. The van der Waals surface area contributed by atoms with Gasteiger partial charge in [-0.2, -0.15) is 4.98 Å². The van der Waals surface area contributed by atoms with Gasteiger partial charge in [-0.1, -0.05) is 0 Å². The number of rotatable bonds is 1. The second kappa shape index (κ2) is 3.68. The summed E-state index contributed by atoms with van der Waals surface area (Å²) in [7, 11) is 0. The first-order chi connectivity index (χ1) is 6.96. The first kappa shape index (κ1) is 10.8. The molecule has 0 aliphatic rings. The quantitative estimate of drug-likeness (QED) is 0.718. The lowest BCUT2D eigenvalue weighted by atomic mass is 10.3. The lowest BCUT2D eigenvalue weighted by molar-refractivity contribution is 0.798. The molecular formula is C10H12ClN3S. The molecule has 0 radical (unpaired) electrons. The fraction of sp³-hybridized carbons (Fsp3) is 0.400. The van der Waals surface area contributed by atoms with E-state index in [2.05, 4.69) is 30.7 Å². The average molecular weight is 242 g/mol. The first-order valence-electron chi connectivity index (χ1n) is 4.65. The first-order valence-corrected chi connectivity index (χ1v) is 5.80. The smallest absolute Gasteiger partial charge is 0.224 e. The van der Waals surface area contributed by atoms with Gasteiger partial charge in [-0.05, 0) is 50.4 Å². The molecular weight excluding hydrogens is 230 g/mol. The summed E-state index contributed by atoms with van der Waals surface area (Å²) in [5.41, 5.74) is 0.870. The zero-order valence-corrected chi connectivity index (χ0v) is 10.4. The van der Waals surface area contributed by atoms with Gasteiger partial charge in [-0.3, -0.25) is 3.97 Å². The summed E-state index contributed by atoms with van der Waals surface area (Å²) in [5, 5.41) is 1.30. The van der Waals surface area contributed by atoms with Crippen LogP contribution in [0.25, 0.3) is 11.0 Å². The van der Waals surface area contributed by atoms with Gasteiger partial charge in [-0.15, -0.1) is 0 Å². The molecule has 0 aromatic carbocycles. The van der Waals surface area contributed by atoms with Crippen LogP contribution in [0.3, 0.4) is 0 Å². The third kappa shape index (κ3) is 2.44. The van der Waals surface area contributed by atoms with Gasteiger partial charge in [0.15, 0.2) is 5.65 Å². The van der Waals surface area contributed by atoms with E-state index in [4.69, 9.17) is 11.6 Å². The molecule has 0 N–H and O–H groups in total. The maximum Gasteiger partial charge on any atom is 0.224 e. The minimum Gasteiger partial charge on any atom is -0.274 e. The van der Waals surface area contributed by atoms with E-state index in [1.807, 2.05) is 16.2 Å². The highest BCUT2D eigenvalue weighted by Crippen LogP contribution is 2.29. The Balaban J connectivity index is 2.48. The molecule has 0 aliphatic carbocycles. The Morgan fingerprint density at radius 2 is 2.13 bits per heavy atom. The van der Waals surface area contributed by atoms with E-state index >= 15 is 0 Å².